The highest BCUT2D eigenvalue weighted by Gasteiger charge is 2.40. The summed E-state index contributed by atoms with van der Waals surface area (Å²) >= 11 is 0. The molecule has 5 nitrogen and oxygen atoms in total. The monoisotopic (exact) mass is 328 g/mol. The zero-order valence-electron chi connectivity index (χ0n) is 12.8. The summed E-state index contributed by atoms with van der Waals surface area (Å²) in [5.74, 6) is -0.310. The van der Waals surface area contributed by atoms with E-state index in [1.807, 2.05) is 0 Å². The molecule has 1 aromatic carbocycles. The van der Waals surface area contributed by atoms with E-state index in [9.17, 15) is 13.2 Å². The number of carbonyl (C=O) groups is 1. The minimum Gasteiger partial charge on any atom is -0.287 e. The standard InChI is InChI=1S/C17H16N2O3S/c1-12(2)19-15(11-13-7-5-6-10-18-13)17(20)14-8-3-4-9-16(14)23(19,21)22/h3-12H,1-2H3. The summed E-state index contributed by atoms with van der Waals surface area (Å²) in [6.45, 7) is 3.48. The van der Waals surface area contributed by atoms with E-state index >= 15 is 0 Å². The number of ketones is 1. The molecule has 0 bridgehead atoms. The molecule has 0 aliphatic carbocycles. The first kappa shape index (κ1) is 15.4. The van der Waals surface area contributed by atoms with Gasteiger partial charge in [-0.2, -0.15) is 0 Å². The molecule has 2 aromatic rings. The van der Waals surface area contributed by atoms with Gasteiger partial charge in [0.05, 0.1) is 10.6 Å². The number of hydrogen-bond donors (Lipinski definition) is 0. The predicted octanol–water partition coefficient (Wildman–Crippen LogP) is 2.72. The number of nitrogens with zero attached hydrogens (tertiary/aromatic N) is 2. The Morgan fingerprint density at radius 2 is 1.78 bits per heavy atom. The van der Waals surface area contributed by atoms with E-state index in [4.69, 9.17) is 0 Å². The molecular weight excluding hydrogens is 312 g/mol. The van der Waals surface area contributed by atoms with Gasteiger partial charge in [0, 0.05) is 17.8 Å². The molecule has 6 heteroatoms. The number of pyridine rings is 1. The van der Waals surface area contributed by atoms with Crippen molar-refractivity contribution in [2.75, 3.05) is 0 Å². The van der Waals surface area contributed by atoms with Gasteiger partial charge in [-0.1, -0.05) is 18.2 Å². The van der Waals surface area contributed by atoms with Gasteiger partial charge in [0.15, 0.2) is 0 Å². The van der Waals surface area contributed by atoms with E-state index in [0.717, 1.165) is 0 Å². The van der Waals surface area contributed by atoms with Gasteiger partial charge in [-0.15, -0.1) is 0 Å². The lowest BCUT2D eigenvalue weighted by Gasteiger charge is -2.34. The quantitative estimate of drug-likeness (QED) is 0.795. The molecule has 0 saturated heterocycles. The van der Waals surface area contributed by atoms with E-state index in [0.29, 0.717) is 5.69 Å². The fourth-order valence-electron chi connectivity index (χ4n) is 2.64. The van der Waals surface area contributed by atoms with E-state index in [1.54, 1.807) is 56.4 Å². The Morgan fingerprint density at radius 3 is 2.43 bits per heavy atom. The number of Topliss-reactive ketones (excluding diaryl/α,β-unsaturated/α-hetero) is 1. The summed E-state index contributed by atoms with van der Waals surface area (Å²) in [6, 6.07) is 11.2. The normalized spacial score (nSPS) is 18.3. The molecule has 1 aliphatic heterocycles. The van der Waals surface area contributed by atoms with Gasteiger partial charge in [0.25, 0.3) is 10.0 Å². The van der Waals surface area contributed by atoms with Gasteiger partial charge in [0.1, 0.15) is 5.70 Å². The van der Waals surface area contributed by atoms with E-state index in [2.05, 4.69) is 4.98 Å². The van der Waals surface area contributed by atoms with E-state index in [1.165, 1.54) is 16.4 Å². The number of allylic oxidation sites excluding steroid dienone is 1. The van der Waals surface area contributed by atoms with Crippen LogP contribution in [0.4, 0.5) is 0 Å². The van der Waals surface area contributed by atoms with Crippen LogP contribution in [0.25, 0.3) is 6.08 Å². The highest BCUT2D eigenvalue weighted by atomic mass is 32.2. The zero-order chi connectivity index (χ0) is 16.6. The molecule has 0 N–H and O–H groups in total. The number of fused-ring (bicyclic) bond motifs is 1. The highest BCUT2D eigenvalue weighted by molar-refractivity contribution is 7.89. The molecule has 118 valence electrons. The average Bonchev–Trinajstić information content (AvgIpc) is 2.53. The van der Waals surface area contributed by atoms with E-state index in [-0.39, 0.29) is 28.0 Å². The van der Waals surface area contributed by atoms with Crippen molar-refractivity contribution in [3.8, 4) is 0 Å². The van der Waals surface area contributed by atoms with Gasteiger partial charge in [-0.3, -0.25) is 14.1 Å². The van der Waals surface area contributed by atoms with Gasteiger partial charge in [-0.05, 0) is 44.2 Å². The largest absolute Gasteiger partial charge is 0.287 e. The van der Waals surface area contributed by atoms with Crippen LogP contribution in [-0.2, 0) is 10.0 Å². The molecular formula is C17H16N2O3S. The second kappa shape index (κ2) is 5.62. The van der Waals surface area contributed by atoms with Crippen LogP contribution in [0.15, 0.2) is 59.3 Å². The maximum atomic E-state index is 12.9. The molecule has 1 aliphatic rings. The topological polar surface area (TPSA) is 67.3 Å². The third-order valence-corrected chi connectivity index (χ3v) is 5.63. The summed E-state index contributed by atoms with van der Waals surface area (Å²) in [6.07, 6.45) is 3.12. The molecule has 0 atom stereocenters. The van der Waals surface area contributed by atoms with Crippen molar-refractivity contribution in [1.29, 1.82) is 0 Å². The number of hydrogen-bond acceptors (Lipinski definition) is 4. The van der Waals surface area contributed by atoms with E-state index < -0.39 is 10.0 Å². The van der Waals surface area contributed by atoms with Crippen LogP contribution in [-0.4, -0.2) is 29.5 Å². The molecule has 23 heavy (non-hydrogen) atoms. The maximum Gasteiger partial charge on any atom is 0.265 e. The van der Waals surface area contributed by atoms with Crippen LogP contribution in [0.3, 0.4) is 0 Å². The van der Waals surface area contributed by atoms with Crippen molar-refractivity contribution in [2.24, 2.45) is 0 Å². The van der Waals surface area contributed by atoms with Gasteiger partial charge in [0.2, 0.25) is 5.78 Å². The zero-order valence-corrected chi connectivity index (χ0v) is 13.6. The molecule has 0 spiro atoms. The first-order valence-electron chi connectivity index (χ1n) is 7.24. The maximum absolute atomic E-state index is 12.9. The Bertz CT molecular complexity index is 887. The molecule has 0 saturated carbocycles. The van der Waals surface area contributed by atoms with Crippen molar-refractivity contribution < 1.29 is 13.2 Å². The second-order valence-electron chi connectivity index (χ2n) is 5.50. The summed E-state index contributed by atoms with van der Waals surface area (Å²) < 4.78 is 27.0. The molecule has 0 radical (unpaired) electrons. The SMILES string of the molecule is CC(C)N1C(=Cc2ccccn2)C(=O)c2ccccc2S1(=O)=O. The molecule has 3 rings (SSSR count). The lowest BCUT2D eigenvalue weighted by molar-refractivity contribution is 0.0996. The first-order chi connectivity index (χ1) is 10.9. The van der Waals surface area contributed by atoms with Gasteiger partial charge < -0.3 is 0 Å². The fraction of sp³-hybridized carbons (Fsp3) is 0.176. The smallest absolute Gasteiger partial charge is 0.265 e. The summed E-state index contributed by atoms with van der Waals surface area (Å²) in [4.78, 5) is 17.0. The minimum absolute atomic E-state index is 0.0527. The summed E-state index contributed by atoms with van der Waals surface area (Å²) in [5, 5.41) is 0. The Balaban J connectivity index is 2.27. The first-order valence-corrected chi connectivity index (χ1v) is 8.68. The third kappa shape index (κ3) is 2.55. The van der Waals surface area contributed by atoms with Crippen molar-refractivity contribution in [1.82, 2.24) is 9.29 Å². The number of sulfonamides is 1. The van der Waals surface area contributed by atoms with Crippen molar-refractivity contribution in [3.63, 3.8) is 0 Å². The van der Waals surface area contributed by atoms with Crippen LogP contribution in [0.2, 0.25) is 0 Å². The fourth-order valence-corrected chi connectivity index (χ4v) is 4.49. The molecule has 0 amide bonds. The Kier molecular flexibility index (Phi) is 3.77. The van der Waals surface area contributed by atoms with Gasteiger partial charge in [-0.25, -0.2) is 8.42 Å². The van der Waals surface area contributed by atoms with Crippen LogP contribution >= 0.6 is 0 Å². The van der Waals surface area contributed by atoms with Crippen LogP contribution in [0.1, 0.15) is 29.9 Å². The average molecular weight is 328 g/mol. The van der Waals surface area contributed by atoms with Crippen molar-refractivity contribution >= 4 is 21.9 Å². The number of rotatable bonds is 2. The molecule has 2 heterocycles. The van der Waals surface area contributed by atoms with Gasteiger partial charge >= 0.3 is 0 Å². The van der Waals surface area contributed by atoms with Crippen molar-refractivity contribution in [2.45, 2.75) is 24.8 Å². The van der Waals surface area contributed by atoms with Crippen LogP contribution in [0.5, 0.6) is 0 Å². The predicted molar refractivity (Wildman–Crippen MR) is 87.1 cm³/mol. The molecule has 0 unspecified atom stereocenters. The summed E-state index contributed by atoms with van der Waals surface area (Å²) in [7, 11) is -3.77. The molecule has 0 fully saturated rings. The Morgan fingerprint density at radius 1 is 1.09 bits per heavy atom. The molecule has 1 aromatic heterocycles. The van der Waals surface area contributed by atoms with Crippen LogP contribution in [0, 0.1) is 0 Å². The lowest BCUT2D eigenvalue weighted by Crippen LogP contribution is -2.43. The number of carbonyl (C=O) groups excluding carboxylic acids is 1. The Hall–Kier alpha value is -2.47. The van der Waals surface area contributed by atoms with Crippen molar-refractivity contribution in [3.05, 3.63) is 65.6 Å². The lowest BCUT2D eigenvalue weighted by atomic mass is 10.1. The highest BCUT2D eigenvalue weighted by Crippen LogP contribution is 2.34. The number of aromatic nitrogens is 1. The minimum atomic E-state index is -3.77. The third-order valence-electron chi connectivity index (χ3n) is 3.58. The Labute approximate surface area is 135 Å². The number of benzene rings is 1. The summed E-state index contributed by atoms with van der Waals surface area (Å²) in [5.41, 5.74) is 0.861. The second-order valence-corrected chi connectivity index (χ2v) is 7.29. The van der Waals surface area contributed by atoms with Crippen LogP contribution < -0.4 is 0 Å².